The topological polar surface area (TPSA) is 0 Å². The summed E-state index contributed by atoms with van der Waals surface area (Å²) in [5.41, 5.74) is 5.12. The molecule has 0 atom stereocenters. The Balaban J connectivity index is 1.46. The van der Waals surface area contributed by atoms with E-state index in [1.165, 1.54) is 63.0 Å². The number of thiophene rings is 2. The number of benzene rings is 5. The Labute approximate surface area is 206 Å². The number of hydrogen-bond acceptors (Lipinski definition) is 2. The van der Waals surface area contributed by atoms with Crippen molar-refractivity contribution in [2.75, 3.05) is 0 Å². The highest BCUT2D eigenvalue weighted by molar-refractivity contribution is 7.26. The molecule has 0 aliphatic carbocycles. The highest BCUT2D eigenvalue weighted by Gasteiger charge is 2.17. The summed E-state index contributed by atoms with van der Waals surface area (Å²) in [4.78, 5) is 2.68. The van der Waals surface area contributed by atoms with Gasteiger partial charge >= 0.3 is 0 Å². The molecule has 5 aromatic carbocycles. The highest BCUT2D eigenvalue weighted by atomic mass is 32.1. The quantitative estimate of drug-likeness (QED) is 0.242. The third kappa shape index (κ3) is 3.11. The molecule has 2 heterocycles. The minimum absolute atomic E-state index is 1.25. The van der Waals surface area contributed by atoms with Crippen LogP contribution in [0.5, 0.6) is 0 Å². The van der Waals surface area contributed by atoms with Gasteiger partial charge in [-0.25, -0.2) is 0 Å². The van der Waals surface area contributed by atoms with Gasteiger partial charge in [0.15, 0.2) is 0 Å². The minimum Gasteiger partial charge on any atom is -0.135 e. The smallest absolute Gasteiger partial charge is 0.0434 e. The van der Waals surface area contributed by atoms with E-state index in [0.717, 1.165) is 0 Å². The second-order valence-electron chi connectivity index (χ2n) is 8.53. The summed E-state index contributed by atoms with van der Waals surface area (Å²) in [6.07, 6.45) is 0. The normalized spacial score (nSPS) is 11.5. The lowest BCUT2D eigenvalue weighted by atomic mass is 9.96. The van der Waals surface area contributed by atoms with Crippen molar-refractivity contribution in [3.05, 3.63) is 121 Å². The third-order valence-corrected chi connectivity index (χ3v) is 8.96. The van der Waals surface area contributed by atoms with Crippen LogP contribution >= 0.6 is 22.7 Å². The van der Waals surface area contributed by atoms with Crippen molar-refractivity contribution in [1.29, 1.82) is 0 Å². The van der Waals surface area contributed by atoms with Gasteiger partial charge in [-0.1, -0.05) is 109 Å². The third-order valence-electron chi connectivity index (χ3n) is 6.52. The van der Waals surface area contributed by atoms with Crippen LogP contribution in [0.2, 0.25) is 0 Å². The SMILES string of the molecule is c1ccc(-c2ccccc2-c2sc(-c3ccc4c(c3)sc3ccccc34)c3ccccc23)cc1. The van der Waals surface area contributed by atoms with Crippen molar-refractivity contribution in [3.8, 4) is 32.0 Å². The Hall–Kier alpha value is -3.72. The largest absolute Gasteiger partial charge is 0.135 e. The van der Waals surface area contributed by atoms with Crippen molar-refractivity contribution in [2.24, 2.45) is 0 Å². The molecule has 0 saturated carbocycles. The van der Waals surface area contributed by atoms with Crippen LogP contribution in [0.4, 0.5) is 0 Å². The zero-order valence-electron chi connectivity index (χ0n) is 18.4. The fourth-order valence-corrected chi connectivity index (χ4v) is 7.38. The molecule has 0 bridgehead atoms. The average molecular weight is 469 g/mol. The molecule has 0 spiro atoms. The molecular weight excluding hydrogens is 448 g/mol. The number of fused-ring (bicyclic) bond motifs is 4. The van der Waals surface area contributed by atoms with Crippen LogP contribution in [0.25, 0.3) is 63.0 Å². The molecule has 7 rings (SSSR count). The first-order valence-electron chi connectivity index (χ1n) is 11.4. The van der Waals surface area contributed by atoms with Gasteiger partial charge in [0.05, 0.1) is 0 Å². The van der Waals surface area contributed by atoms with Crippen molar-refractivity contribution >= 4 is 53.6 Å². The van der Waals surface area contributed by atoms with Crippen molar-refractivity contribution in [2.45, 2.75) is 0 Å². The second-order valence-corrected chi connectivity index (χ2v) is 10.6. The van der Waals surface area contributed by atoms with Gasteiger partial charge in [-0.15, -0.1) is 22.7 Å². The first-order chi connectivity index (χ1) is 16.9. The molecule has 0 amide bonds. The Morgan fingerprint density at radius 3 is 1.79 bits per heavy atom. The lowest BCUT2D eigenvalue weighted by Gasteiger charge is -2.09. The van der Waals surface area contributed by atoms with Crippen LogP contribution < -0.4 is 0 Å². The molecule has 7 aromatic rings. The Morgan fingerprint density at radius 2 is 0.971 bits per heavy atom. The maximum atomic E-state index is 2.38. The molecule has 0 unspecified atom stereocenters. The van der Waals surface area contributed by atoms with E-state index in [-0.39, 0.29) is 0 Å². The molecule has 0 N–H and O–H groups in total. The Kier molecular flexibility index (Phi) is 4.61. The highest BCUT2D eigenvalue weighted by Crippen LogP contribution is 2.47. The second kappa shape index (κ2) is 7.95. The van der Waals surface area contributed by atoms with E-state index in [2.05, 4.69) is 121 Å². The number of rotatable bonds is 3. The summed E-state index contributed by atoms with van der Waals surface area (Å²) in [5, 5.41) is 5.34. The van der Waals surface area contributed by atoms with Crippen LogP contribution in [0, 0.1) is 0 Å². The summed E-state index contributed by atoms with van der Waals surface area (Å²) >= 11 is 3.79. The molecule has 0 fully saturated rings. The van der Waals surface area contributed by atoms with E-state index < -0.39 is 0 Å². The maximum absolute atomic E-state index is 2.38. The predicted octanol–water partition coefficient (Wildman–Crippen LogP) is 10.3. The van der Waals surface area contributed by atoms with Crippen LogP contribution in [0.3, 0.4) is 0 Å². The van der Waals surface area contributed by atoms with Crippen LogP contribution in [-0.4, -0.2) is 0 Å². The molecule has 0 aliphatic heterocycles. The fraction of sp³-hybridized carbons (Fsp3) is 0. The Bertz CT molecular complexity index is 1800. The van der Waals surface area contributed by atoms with Gasteiger partial charge in [0.2, 0.25) is 0 Å². The standard InChI is InChI=1S/C32H20S2/c1-2-10-21(11-3-1)23-12-4-5-14-26(23)32-28-16-7-6-15-27(28)31(34-32)22-18-19-25-24-13-8-9-17-29(24)33-30(25)20-22/h1-20H. The van der Waals surface area contributed by atoms with Crippen molar-refractivity contribution < 1.29 is 0 Å². The monoisotopic (exact) mass is 468 g/mol. The van der Waals surface area contributed by atoms with Gasteiger partial charge in [0.1, 0.15) is 0 Å². The van der Waals surface area contributed by atoms with E-state index in [1.54, 1.807) is 0 Å². The van der Waals surface area contributed by atoms with Gasteiger partial charge in [-0.3, -0.25) is 0 Å². The van der Waals surface area contributed by atoms with Gasteiger partial charge in [0.25, 0.3) is 0 Å². The summed E-state index contributed by atoms with van der Waals surface area (Å²) in [6, 6.07) is 44.0. The predicted molar refractivity (Wildman–Crippen MR) is 151 cm³/mol. The summed E-state index contributed by atoms with van der Waals surface area (Å²) < 4.78 is 2.70. The molecule has 0 nitrogen and oxygen atoms in total. The van der Waals surface area contributed by atoms with Gasteiger partial charge in [0, 0.05) is 46.3 Å². The zero-order chi connectivity index (χ0) is 22.5. The van der Waals surface area contributed by atoms with Crippen LogP contribution in [0.15, 0.2) is 121 Å². The molecular formula is C32H20S2. The minimum atomic E-state index is 1.25. The molecule has 0 saturated heterocycles. The lowest BCUT2D eigenvalue weighted by Crippen LogP contribution is -1.82. The van der Waals surface area contributed by atoms with E-state index >= 15 is 0 Å². The molecule has 34 heavy (non-hydrogen) atoms. The molecule has 2 aromatic heterocycles. The molecule has 0 aliphatic rings. The number of hydrogen-bond donors (Lipinski definition) is 0. The summed E-state index contributed by atoms with van der Waals surface area (Å²) in [5.74, 6) is 0. The molecule has 160 valence electrons. The molecule has 0 radical (unpaired) electrons. The van der Waals surface area contributed by atoms with Gasteiger partial charge in [-0.2, -0.15) is 0 Å². The summed E-state index contributed by atoms with van der Waals surface area (Å²) in [7, 11) is 0. The van der Waals surface area contributed by atoms with E-state index in [0.29, 0.717) is 0 Å². The van der Waals surface area contributed by atoms with E-state index in [4.69, 9.17) is 0 Å². The van der Waals surface area contributed by atoms with Crippen molar-refractivity contribution in [1.82, 2.24) is 0 Å². The van der Waals surface area contributed by atoms with Gasteiger partial charge in [-0.05, 0) is 28.8 Å². The van der Waals surface area contributed by atoms with Crippen molar-refractivity contribution in [3.63, 3.8) is 0 Å². The fourth-order valence-electron chi connectivity index (χ4n) is 4.92. The van der Waals surface area contributed by atoms with Crippen LogP contribution in [0.1, 0.15) is 0 Å². The van der Waals surface area contributed by atoms with Gasteiger partial charge < -0.3 is 0 Å². The Morgan fingerprint density at radius 1 is 0.353 bits per heavy atom. The molecule has 2 heteroatoms. The maximum Gasteiger partial charge on any atom is 0.0434 e. The first kappa shape index (κ1) is 19.7. The van der Waals surface area contributed by atoms with E-state index in [9.17, 15) is 0 Å². The zero-order valence-corrected chi connectivity index (χ0v) is 20.0. The summed E-state index contributed by atoms with van der Waals surface area (Å²) in [6.45, 7) is 0. The van der Waals surface area contributed by atoms with E-state index in [1.807, 2.05) is 22.7 Å². The first-order valence-corrected chi connectivity index (χ1v) is 13.1. The lowest BCUT2D eigenvalue weighted by molar-refractivity contribution is 1.62. The van der Waals surface area contributed by atoms with Crippen LogP contribution in [-0.2, 0) is 0 Å². The average Bonchev–Trinajstić information content (AvgIpc) is 3.47.